The number of rotatable bonds is 13. The van der Waals surface area contributed by atoms with Crippen molar-refractivity contribution in [3.05, 3.63) is 101 Å². The molecule has 3 N–H and O–H groups in total. The standard InChI is InChI=1S/C38H48ClN3O5/c1-9-27-13-11-14-29(22-27)34(35(44)41-33-25(4)12-10-15-31(33)39)42(26(5)17-16-24(2)3)36(45)32(40-37(46)47-38(6,7)8)23-28-18-20-30(43)21-19-28/h9-15,18-22,24,26,32,34,43H,1,16-17,23H2,2-8H3,(H,40,46)(H,41,44). The molecule has 0 aliphatic carbocycles. The third-order valence-electron chi connectivity index (χ3n) is 7.72. The number of hydrogen-bond donors (Lipinski definition) is 3. The number of para-hydroxylation sites is 1. The molecule has 0 saturated carbocycles. The van der Waals surface area contributed by atoms with Crippen LogP contribution in [0.1, 0.15) is 82.7 Å². The molecular weight excluding hydrogens is 614 g/mol. The summed E-state index contributed by atoms with van der Waals surface area (Å²) < 4.78 is 5.56. The second kappa shape index (κ2) is 16.5. The molecule has 3 atom stereocenters. The van der Waals surface area contributed by atoms with Crippen LogP contribution in [-0.2, 0) is 20.7 Å². The minimum atomic E-state index is -1.10. The van der Waals surface area contributed by atoms with Crippen molar-refractivity contribution in [2.75, 3.05) is 5.32 Å². The molecule has 0 radical (unpaired) electrons. The van der Waals surface area contributed by atoms with E-state index in [2.05, 4.69) is 31.1 Å². The highest BCUT2D eigenvalue weighted by atomic mass is 35.5. The molecule has 252 valence electrons. The van der Waals surface area contributed by atoms with E-state index in [0.29, 0.717) is 34.2 Å². The van der Waals surface area contributed by atoms with Crippen LogP contribution < -0.4 is 10.6 Å². The van der Waals surface area contributed by atoms with Gasteiger partial charge in [-0.3, -0.25) is 9.59 Å². The molecule has 3 rings (SSSR count). The second-order valence-corrected chi connectivity index (χ2v) is 13.7. The number of carbonyl (C=O) groups excluding carboxylic acids is 3. The number of amides is 3. The van der Waals surface area contributed by atoms with Crippen LogP contribution >= 0.6 is 11.6 Å². The van der Waals surface area contributed by atoms with Gasteiger partial charge in [0.25, 0.3) is 5.91 Å². The Morgan fingerprint density at radius 3 is 2.26 bits per heavy atom. The third kappa shape index (κ3) is 10.9. The van der Waals surface area contributed by atoms with Gasteiger partial charge >= 0.3 is 6.09 Å². The summed E-state index contributed by atoms with van der Waals surface area (Å²) in [5, 5.41) is 16.0. The lowest BCUT2D eigenvalue weighted by atomic mass is 9.95. The number of phenols is 1. The van der Waals surface area contributed by atoms with Crippen molar-refractivity contribution in [1.82, 2.24) is 10.2 Å². The fraction of sp³-hybridized carbons (Fsp3) is 0.395. The smallest absolute Gasteiger partial charge is 0.408 e. The number of phenolic OH excluding ortho intramolecular Hbond substituents is 1. The van der Waals surface area contributed by atoms with E-state index < -0.39 is 41.6 Å². The topological polar surface area (TPSA) is 108 Å². The Labute approximate surface area is 284 Å². The van der Waals surface area contributed by atoms with Crippen LogP contribution in [0.5, 0.6) is 5.75 Å². The summed E-state index contributed by atoms with van der Waals surface area (Å²) in [4.78, 5) is 44.2. The van der Waals surface area contributed by atoms with Gasteiger partial charge in [-0.15, -0.1) is 0 Å². The van der Waals surface area contributed by atoms with Crippen LogP contribution in [0.4, 0.5) is 10.5 Å². The van der Waals surface area contributed by atoms with Crippen molar-refractivity contribution in [3.63, 3.8) is 0 Å². The number of nitrogens with zero attached hydrogens (tertiary/aromatic N) is 1. The molecule has 0 aliphatic rings. The average molecular weight is 662 g/mol. The first-order chi connectivity index (χ1) is 22.1. The summed E-state index contributed by atoms with van der Waals surface area (Å²) in [6.07, 6.45) is 2.43. The first kappa shape index (κ1) is 37.2. The maximum Gasteiger partial charge on any atom is 0.408 e. The van der Waals surface area contributed by atoms with E-state index in [1.807, 2.05) is 44.2 Å². The molecule has 0 bridgehead atoms. The summed E-state index contributed by atoms with van der Waals surface area (Å²) in [6.45, 7) is 17.1. The molecule has 0 heterocycles. The molecule has 0 saturated heterocycles. The Bertz CT molecular complexity index is 1530. The number of carbonyl (C=O) groups is 3. The van der Waals surface area contributed by atoms with Crippen molar-refractivity contribution in [3.8, 4) is 5.75 Å². The molecule has 0 aliphatic heterocycles. The van der Waals surface area contributed by atoms with E-state index in [1.54, 1.807) is 56.0 Å². The fourth-order valence-corrected chi connectivity index (χ4v) is 5.56. The molecule has 3 unspecified atom stereocenters. The van der Waals surface area contributed by atoms with Gasteiger partial charge in [0.2, 0.25) is 5.91 Å². The van der Waals surface area contributed by atoms with Crippen molar-refractivity contribution >= 4 is 41.3 Å². The van der Waals surface area contributed by atoms with E-state index >= 15 is 0 Å². The zero-order valence-electron chi connectivity index (χ0n) is 28.5. The number of aromatic hydroxyl groups is 1. The summed E-state index contributed by atoms with van der Waals surface area (Å²) >= 11 is 6.54. The molecule has 0 spiro atoms. The summed E-state index contributed by atoms with van der Waals surface area (Å²) in [5.41, 5.74) is 2.49. The number of alkyl carbamates (subject to hydrolysis) is 1. The van der Waals surface area contributed by atoms with E-state index in [1.165, 1.54) is 12.1 Å². The summed E-state index contributed by atoms with van der Waals surface area (Å²) in [7, 11) is 0. The lowest BCUT2D eigenvalue weighted by molar-refractivity contribution is -0.143. The predicted molar refractivity (Wildman–Crippen MR) is 189 cm³/mol. The van der Waals surface area contributed by atoms with Gasteiger partial charge in [0.15, 0.2) is 0 Å². The van der Waals surface area contributed by atoms with E-state index in [4.69, 9.17) is 16.3 Å². The highest BCUT2D eigenvalue weighted by Gasteiger charge is 2.39. The second-order valence-electron chi connectivity index (χ2n) is 13.3. The number of halogens is 1. The van der Waals surface area contributed by atoms with Crippen molar-refractivity contribution in [2.24, 2.45) is 5.92 Å². The quantitative estimate of drug-likeness (QED) is 0.170. The van der Waals surface area contributed by atoms with Gasteiger partial charge in [-0.05, 0) is 99.9 Å². The van der Waals surface area contributed by atoms with Gasteiger partial charge in [-0.25, -0.2) is 4.79 Å². The van der Waals surface area contributed by atoms with Crippen molar-refractivity contribution < 1.29 is 24.2 Å². The van der Waals surface area contributed by atoms with Gasteiger partial charge in [-0.1, -0.05) is 80.6 Å². The van der Waals surface area contributed by atoms with Gasteiger partial charge in [0, 0.05) is 12.5 Å². The molecule has 47 heavy (non-hydrogen) atoms. The van der Waals surface area contributed by atoms with Crippen LogP contribution in [0, 0.1) is 12.8 Å². The number of ether oxygens (including phenoxy) is 1. The van der Waals surface area contributed by atoms with Gasteiger partial charge in [-0.2, -0.15) is 0 Å². The first-order valence-corrected chi connectivity index (χ1v) is 16.3. The molecule has 8 nitrogen and oxygen atoms in total. The molecular formula is C38H48ClN3O5. The molecule has 0 fully saturated rings. The molecule has 3 aromatic rings. The zero-order valence-corrected chi connectivity index (χ0v) is 29.2. The van der Waals surface area contributed by atoms with Crippen LogP contribution in [0.2, 0.25) is 5.02 Å². The lowest BCUT2D eigenvalue weighted by Gasteiger charge is -2.39. The molecule has 3 aromatic carbocycles. The van der Waals surface area contributed by atoms with Crippen LogP contribution in [0.25, 0.3) is 6.08 Å². The van der Waals surface area contributed by atoms with E-state index in [0.717, 1.165) is 17.5 Å². The highest BCUT2D eigenvalue weighted by Crippen LogP contribution is 2.32. The Hall–Kier alpha value is -4.30. The normalized spacial score (nSPS) is 13.3. The van der Waals surface area contributed by atoms with Crippen LogP contribution in [0.3, 0.4) is 0 Å². The minimum Gasteiger partial charge on any atom is -0.508 e. The molecule has 0 aromatic heterocycles. The number of hydrogen-bond acceptors (Lipinski definition) is 5. The lowest BCUT2D eigenvalue weighted by Crippen LogP contribution is -2.55. The summed E-state index contributed by atoms with van der Waals surface area (Å²) in [6, 6.07) is 16.5. The van der Waals surface area contributed by atoms with Crippen molar-refractivity contribution in [2.45, 2.75) is 91.5 Å². The minimum absolute atomic E-state index is 0.0781. The van der Waals surface area contributed by atoms with Crippen LogP contribution in [0.15, 0.2) is 73.3 Å². The Balaban J connectivity index is 2.20. The Morgan fingerprint density at radius 2 is 1.66 bits per heavy atom. The number of aryl methyl sites for hydroxylation is 1. The highest BCUT2D eigenvalue weighted by molar-refractivity contribution is 6.34. The maximum absolute atomic E-state index is 14.9. The van der Waals surface area contributed by atoms with Gasteiger partial charge in [0.1, 0.15) is 23.4 Å². The zero-order chi connectivity index (χ0) is 34.9. The number of benzene rings is 3. The first-order valence-electron chi connectivity index (χ1n) is 16.0. The third-order valence-corrected chi connectivity index (χ3v) is 8.03. The molecule has 3 amide bonds. The van der Waals surface area contributed by atoms with E-state index in [9.17, 15) is 19.5 Å². The summed E-state index contributed by atoms with van der Waals surface area (Å²) in [5.74, 6) is -0.480. The number of anilines is 1. The largest absolute Gasteiger partial charge is 0.508 e. The maximum atomic E-state index is 14.9. The number of nitrogens with one attached hydrogen (secondary N) is 2. The Kier molecular flexibility index (Phi) is 13.0. The monoisotopic (exact) mass is 661 g/mol. The fourth-order valence-electron chi connectivity index (χ4n) is 5.29. The van der Waals surface area contributed by atoms with Crippen LogP contribution in [-0.4, -0.2) is 45.6 Å². The molecule has 9 heteroatoms. The van der Waals surface area contributed by atoms with Gasteiger partial charge < -0.3 is 25.4 Å². The SMILES string of the molecule is C=Cc1cccc(C(C(=O)Nc2c(C)cccc2Cl)N(C(=O)C(Cc2ccc(O)cc2)NC(=O)OC(C)(C)C)C(C)CCC(C)C)c1. The van der Waals surface area contributed by atoms with Crippen molar-refractivity contribution in [1.29, 1.82) is 0 Å². The predicted octanol–water partition coefficient (Wildman–Crippen LogP) is 8.47. The Morgan fingerprint density at radius 1 is 1.00 bits per heavy atom. The van der Waals surface area contributed by atoms with Gasteiger partial charge in [0.05, 0.1) is 10.7 Å². The van der Waals surface area contributed by atoms with E-state index in [-0.39, 0.29) is 12.2 Å². The average Bonchev–Trinajstić information content (AvgIpc) is 2.99.